The standard InChI is InChI=1S/C13H25NO/c1-4-13(15)6-5-7-14-9-11(2)8-12(3)10-14/h11-12H,4-10H2,1-3H3. The van der Waals surface area contributed by atoms with Crippen LogP contribution in [0, 0.1) is 11.8 Å². The van der Waals surface area contributed by atoms with Crippen LogP contribution in [0.25, 0.3) is 0 Å². The quantitative estimate of drug-likeness (QED) is 0.697. The lowest BCUT2D eigenvalue weighted by molar-refractivity contribution is -0.118. The lowest BCUT2D eigenvalue weighted by Gasteiger charge is -2.34. The van der Waals surface area contributed by atoms with Gasteiger partial charge in [-0.15, -0.1) is 0 Å². The first kappa shape index (κ1) is 12.7. The third-order valence-electron chi connectivity index (χ3n) is 3.27. The molecule has 0 aromatic rings. The van der Waals surface area contributed by atoms with E-state index < -0.39 is 0 Å². The van der Waals surface area contributed by atoms with Crippen molar-refractivity contribution in [2.75, 3.05) is 19.6 Å². The van der Waals surface area contributed by atoms with Crippen molar-refractivity contribution in [2.45, 2.75) is 46.5 Å². The summed E-state index contributed by atoms with van der Waals surface area (Å²) in [6.45, 7) is 10.2. The molecular weight excluding hydrogens is 186 g/mol. The first-order valence-corrected chi connectivity index (χ1v) is 6.35. The Kier molecular flexibility index (Phi) is 5.30. The summed E-state index contributed by atoms with van der Waals surface area (Å²) in [7, 11) is 0. The fraction of sp³-hybridized carbons (Fsp3) is 0.923. The predicted octanol–water partition coefficient (Wildman–Crippen LogP) is 2.72. The molecule has 1 aliphatic rings. The number of Topliss-reactive ketones (excluding diaryl/α,β-unsaturated/α-hetero) is 1. The van der Waals surface area contributed by atoms with Gasteiger partial charge in [0.15, 0.2) is 0 Å². The van der Waals surface area contributed by atoms with Crippen molar-refractivity contribution in [1.82, 2.24) is 4.90 Å². The summed E-state index contributed by atoms with van der Waals surface area (Å²) in [6, 6.07) is 0. The molecule has 0 aromatic carbocycles. The third-order valence-corrected chi connectivity index (χ3v) is 3.27. The van der Waals surface area contributed by atoms with Crippen molar-refractivity contribution < 1.29 is 4.79 Å². The molecule has 1 aliphatic heterocycles. The number of hydrogen-bond acceptors (Lipinski definition) is 2. The van der Waals surface area contributed by atoms with Gasteiger partial charge in [0.2, 0.25) is 0 Å². The molecule has 0 bridgehead atoms. The number of hydrogen-bond donors (Lipinski definition) is 0. The number of ketones is 1. The van der Waals surface area contributed by atoms with Gasteiger partial charge in [-0.2, -0.15) is 0 Å². The van der Waals surface area contributed by atoms with E-state index in [1.807, 2.05) is 6.92 Å². The third kappa shape index (κ3) is 4.78. The Balaban J connectivity index is 2.17. The minimum Gasteiger partial charge on any atom is -0.303 e. The van der Waals surface area contributed by atoms with Crippen molar-refractivity contribution in [3.05, 3.63) is 0 Å². The molecule has 0 spiro atoms. The van der Waals surface area contributed by atoms with Gasteiger partial charge in [0.1, 0.15) is 5.78 Å². The van der Waals surface area contributed by atoms with E-state index in [0.29, 0.717) is 12.2 Å². The zero-order valence-corrected chi connectivity index (χ0v) is 10.5. The molecule has 1 fully saturated rings. The van der Waals surface area contributed by atoms with Gasteiger partial charge >= 0.3 is 0 Å². The van der Waals surface area contributed by atoms with Gasteiger partial charge < -0.3 is 4.90 Å². The van der Waals surface area contributed by atoms with E-state index in [1.54, 1.807) is 0 Å². The van der Waals surface area contributed by atoms with Gasteiger partial charge in [-0.1, -0.05) is 20.8 Å². The average Bonchev–Trinajstić information content (AvgIpc) is 2.16. The largest absolute Gasteiger partial charge is 0.303 e. The van der Waals surface area contributed by atoms with Gasteiger partial charge in [-0.25, -0.2) is 0 Å². The average molecular weight is 211 g/mol. The summed E-state index contributed by atoms with van der Waals surface area (Å²) in [5.74, 6) is 2.07. The highest BCUT2D eigenvalue weighted by molar-refractivity contribution is 5.77. The Labute approximate surface area is 94.0 Å². The van der Waals surface area contributed by atoms with Crippen molar-refractivity contribution in [1.29, 1.82) is 0 Å². The summed E-state index contributed by atoms with van der Waals surface area (Å²) in [5.41, 5.74) is 0. The molecule has 0 amide bonds. The van der Waals surface area contributed by atoms with Crippen molar-refractivity contribution in [3.8, 4) is 0 Å². The van der Waals surface area contributed by atoms with Crippen LogP contribution in [0.3, 0.4) is 0 Å². The predicted molar refractivity (Wildman–Crippen MR) is 63.9 cm³/mol. The van der Waals surface area contributed by atoms with E-state index in [-0.39, 0.29) is 0 Å². The minimum absolute atomic E-state index is 0.410. The highest BCUT2D eigenvalue weighted by Crippen LogP contribution is 2.20. The number of rotatable bonds is 5. The summed E-state index contributed by atoms with van der Waals surface area (Å²) in [4.78, 5) is 13.7. The molecule has 0 aromatic heterocycles. The number of carbonyl (C=O) groups excluding carboxylic acids is 1. The number of nitrogens with zero attached hydrogens (tertiary/aromatic N) is 1. The van der Waals surface area contributed by atoms with Crippen molar-refractivity contribution >= 4 is 5.78 Å². The van der Waals surface area contributed by atoms with Crippen LogP contribution in [0.15, 0.2) is 0 Å². The van der Waals surface area contributed by atoms with Crippen LogP contribution in [0.5, 0.6) is 0 Å². The van der Waals surface area contributed by atoms with E-state index in [4.69, 9.17) is 0 Å². The second kappa shape index (κ2) is 6.26. The van der Waals surface area contributed by atoms with Crippen LogP contribution in [-0.4, -0.2) is 30.3 Å². The molecular formula is C13H25NO. The Bertz CT molecular complexity index is 193. The first-order valence-electron chi connectivity index (χ1n) is 6.35. The van der Waals surface area contributed by atoms with Gasteiger partial charge in [0.05, 0.1) is 0 Å². The molecule has 0 radical (unpaired) electrons. The number of carbonyl (C=O) groups is 1. The van der Waals surface area contributed by atoms with Crippen molar-refractivity contribution in [2.24, 2.45) is 11.8 Å². The van der Waals surface area contributed by atoms with Gasteiger partial charge in [-0.05, 0) is 31.2 Å². The normalized spacial score (nSPS) is 27.9. The molecule has 1 heterocycles. The Morgan fingerprint density at radius 1 is 1.27 bits per heavy atom. The molecule has 0 N–H and O–H groups in total. The maximum Gasteiger partial charge on any atom is 0.132 e. The first-order chi connectivity index (χ1) is 7.11. The maximum atomic E-state index is 11.2. The highest BCUT2D eigenvalue weighted by atomic mass is 16.1. The van der Waals surface area contributed by atoms with Crippen LogP contribution >= 0.6 is 0 Å². The lowest BCUT2D eigenvalue weighted by atomic mass is 9.92. The molecule has 0 aliphatic carbocycles. The van der Waals surface area contributed by atoms with Crippen LogP contribution in [-0.2, 0) is 4.79 Å². The molecule has 2 unspecified atom stereocenters. The van der Waals surface area contributed by atoms with Gasteiger partial charge in [-0.3, -0.25) is 4.79 Å². The molecule has 88 valence electrons. The molecule has 2 heteroatoms. The van der Waals surface area contributed by atoms with Gasteiger partial charge in [0.25, 0.3) is 0 Å². The molecule has 0 saturated carbocycles. The summed E-state index contributed by atoms with van der Waals surface area (Å²) >= 11 is 0. The van der Waals surface area contributed by atoms with Gasteiger partial charge in [0, 0.05) is 25.9 Å². The van der Waals surface area contributed by atoms with E-state index in [0.717, 1.165) is 31.2 Å². The highest BCUT2D eigenvalue weighted by Gasteiger charge is 2.21. The zero-order valence-electron chi connectivity index (χ0n) is 10.5. The Morgan fingerprint density at radius 2 is 1.87 bits per heavy atom. The van der Waals surface area contributed by atoms with E-state index >= 15 is 0 Å². The molecule has 2 nitrogen and oxygen atoms in total. The SMILES string of the molecule is CCC(=O)CCCN1CC(C)CC(C)C1. The van der Waals surface area contributed by atoms with E-state index in [9.17, 15) is 4.79 Å². The van der Waals surface area contributed by atoms with E-state index in [2.05, 4.69) is 18.7 Å². The molecule has 1 saturated heterocycles. The summed E-state index contributed by atoms with van der Waals surface area (Å²) in [5, 5.41) is 0. The van der Waals surface area contributed by atoms with Crippen molar-refractivity contribution in [3.63, 3.8) is 0 Å². The number of piperidine rings is 1. The monoisotopic (exact) mass is 211 g/mol. The molecule has 1 rings (SSSR count). The second-order valence-electron chi connectivity index (χ2n) is 5.20. The Hall–Kier alpha value is -0.370. The summed E-state index contributed by atoms with van der Waals surface area (Å²) < 4.78 is 0. The minimum atomic E-state index is 0.410. The smallest absolute Gasteiger partial charge is 0.132 e. The van der Waals surface area contributed by atoms with Crippen LogP contribution in [0.4, 0.5) is 0 Å². The molecule has 15 heavy (non-hydrogen) atoms. The molecule has 2 atom stereocenters. The maximum absolute atomic E-state index is 11.2. The fourth-order valence-electron chi connectivity index (χ4n) is 2.65. The Morgan fingerprint density at radius 3 is 2.40 bits per heavy atom. The second-order valence-corrected chi connectivity index (χ2v) is 5.20. The van der Waals surface area contributed by atoms with Crippen LogP contribution in [0.1, 0.15) is 46.5 Å². The fourth-order valence-corrected chi connectivity index (χ4v) is 2.65. The summed E-state index contributed by atoms with van der Waals surface area (Å²) in [6.07, 6.45) is 3.89. The number of likely N-dealkylation sites (tertiary alicyclic amines) is 1. The van der Waals surface area contributed by atoms with Crippen LogP contribution in [0.2, 0.25) is 0 Å². The van der Waals surface area contributed by atoms with Crippen LogP contribution < -0.4 is 0 Å². The zero-order chi connectivity index (χ0) is 11.3. The topological polar surface area (TPSA) is 20.3 Å². The van der Waals surface area contributed by atoms with E-state index in [1.165, 1.54) is 19.5 Å². The lowest BCUT2D eigenvalue weighted by Crippen LogP contribution is -2.39.